The number of nitrogens with zero attached hydrogens (tertiary/aromatic N) is 2. The topological polar surface area (TPSA) is 57.4 Å². The Kier molecular flexibility index (Phi) is 21.5. The molecule has 5 aromatic heterocycles. The Balaban J connectivity index is 1.28. The van der Waals surface area contributed by atoms with E-state index in [2.05, 4.69) is 184 Å². The van der Waals surface area contributed by atoms with Gasteiger partial charge in [-0.3, -0.25) is 0 Å². The molecule has 0 aromatic carbocycles. The third-order valence-electron chi connectivity index (χ3n) is 17.2. The number of fused-ring (bicyclic) bond motifs is 8. The van der Waals surface area contributed by atoms with Crippen LogP contribution in [0.4, 0.5) is 0 Å². The van der Waals surface area contributed by atoms with Gasteiger partial charge in [-0.2, -0.15) is 0 Å². The molecule has 0 unspecified atom stereocenters. The van der Waals surface area contributed by atoms with Gasteiger partial charge in [-0.15, -0.1) is 22.7 Å². The van der Waals surface area contributed by atoms with E-state index in [-0.39, 0.29) is 5.41 Å². The minimum Gasteiger partial charge on any atom is -0.355 e. The van der Waals surface area contributed by atoms with Crippen LogP contribution in [0.3, 0.4) is 0 Å². The number of nitrogens with one attached hydrogen (secondary N) is 2. The summed E-state index contributed by atoms with van der Waals surface area (Å²) in [6.07, 6.45) is 26.8. The van der Waals surface area contributed by atoms with Gasteiger partial charge in [0.2, 0.25) is 0 Å². The van der Waals surface area contributed by atoms with Gasteiger partial charge < -0.3 is 9.97 Å². The average Bonchev–Trinajstić information content (AvgIpc) is 4.16. The second-order valence-corrected chi connectivity index (χ2v) is 25.0. The Labute approximate surface area is 496 Å². The first kappa shape index (κ1) is 60.8. The van der Waals surface area contributed by atoms with Crippen LogP contribution in [0.15, 0.2) is 53.6 Å². The number of unbranched alkanes of at least 4 members (excludes halogenated alkanes) is 6. The molecule has 0 atom stereocenters. The van der Waals surface area contributed by atoms with E-state index in [1.807, 2.05) is 28.7 Å². The van der Waals surface area contributed by atoms with Crippen LogP contribution in [-0.2, 0) is 38.5 Å². The summed E-state index contributed by atoms with van der Waals surface area (Å²) < 4.78 is 0. The Hall–Kier alpha value is -6.28. The van der Waals surface area contributed by atoms with Crippen molar-refractivity contribution in [3.8, 4) is 57.1 Å². The lowest BCUT2D eigenvalue weighted by molar-refractivity contribution is 0.377. The third kappa shape index (κ3) is 13.6. The first-order chi connectivity index (χ1) is 39.4. The molecule has 0 fully saturated rings. The molecule has 8 bridgehead atoms. The van der Waals surface area contributed by atoms with Crippen LogP contribution in [-0.4, -0.2) is 19.9 Å². The normalized spacial score (nSPS) is 14.0. The van der Waals surface area contributed by atoms with Crippen LogP contribution < -0.4 is 0 Å². The molecular formula is C75H90N4S2. The van der Waals surface area contributed by atoms with Gasteiger partial charge in [-0.1, -0.05) is 139 Å². The zero-order valence-corrected chi connectivity index (χ0v) is 53.2. The minimum absolute atomic E-state index is 0.194. The van der Waals surface area contributed by atoms with Crippen molar-refractivity contribution >= 4 is 67.0 Å². The number of aromatic nitrogens is 4. The van der Waals surface area contributed by atoms with Crippen molar-refractivity contribution < 1.29 is 0 Å². The van der Waals surface area contributed by atoms with Crippen molar-refractivity contribution in [2.24, 2.45) is 5.41 Å². The van der Waals surface area contributed by atoms with Crippen molar-refractivity contribution in [1.82, 2.24) is 19.9 Å². The maximum atomic E-state index is 5.64. The lowest BCUT2D eigenvalue weighted by atomic mass is 9.73. The van der Waals surface area contributed by atoms with Gasteiger partial charge in [0.15, 0.2) is 0 Å². The van der Waals surface area contributed by atoms with Gasteiger partial charge in [0, 0.05) is 31.8 Å². The van der Waals surface area contributed by atoms with E-state index < -0.39 is 0 Å². The van der Waals surface area contributed by atoms with Gasteiger partial charge in [0.1, 0.15) is 0 Å². The van der Waals surface area contributed by atoms with Gasteiger partial charge >= 0.3 is 0 Å². The summed E-state index contributed by atoms with van der Waals surface area (Å²) in [7, 11) is 0. The van der Waals surface area contributed by atoms with E-state index >= 15 is 0 Å². The van der Waals surface area contributed by atoms with Crippen LogP contribution >= 0.6 is 22.7 Å². The number of thiophene rings is 2. The molecule has 0 saturated heterocycles. The molecule has 0 radical (unpaired) electrons. The number of aryl methyl sites for hydroxylation is 6. The Morgan fingerprint density at radius 1 is 0.519 bits per heavy atom. The predicted octanol–water partition coefficient (Wildman–Crippen LogP) is 20.9. The van der Waals surface area contributed by atoms with E-state index in [0.29, 0.717) is 0 Å². The zero-order valence-electron chi connectivity index (χ0n) is 51.6. The number of allylic oxidation sites excluding steroid dienone is 8. The first-order valence-electron chi connectivity index (χ1n) is 31.3. The Morgan fingerprint density at radius 3 is 1.40 bits per heavy atom. The second kappa shape index (κ2) is 28.6. The van der Waals surface area contributed by atoms with E-state index in [4.69, 9.17) is 9.97 Å². The summed E-state index contributed by atoms with van der Waals surface area (Å²) in [4.78, 5) is 23.9. The first-order valence-corrected chi connectivity index (χ1v) is 33.0. The summed E-state index contributed by atoms with van der Waals surface area (Å²) in [6.45, 7) is 29.7. The highest BCUT2D eigenvalue weighted by atomic mass is 32.1. The molecule has 6 heteroatoms. The van der Waals surface area contributed by atoms with Gasteiger partial charge in [-0.25, -0.2) is 9.97 Å². The van der Waals surface area contributed by atoms with E-state index in [0.717, 1.165) is 126 Å². The highest BCUT2D eigenvalue weighted by Gasteiger charge is 2.28. The summed E-state index contributed by atoms with van der Waals surface area (Å²) in [5.41, 5.74) is 25.7. The number of hydrogen-bond donors (Lipinski definition) is 2. The SMILES string of the molecule is CCCCCCc1cc(-c2cc(CCCCCC)c(C#CC#Cc3c4nc(cc5[nH]c(cc6[nH]c(cc7nc3C(CC)=C7CC)c(CC)c6CC)c(CC)c5CC)C(CC)=C4CC)s2)sc1C#CC#C/C=C/C1=C(C)CCCC1(C)C. The molecule has 0 saturated carbocycles. The van der Waals surface area contributed by atoms with Crippen LogP contribution in [0, 0.1) is 52.8 Å². The van der Waals surface area contributed by atoms with Crippen LogP contribution in [0.5, 0.6) is 0 Å². The standard InChI is InChI=1S/C75H90N4S2/c1-14-24-26-30-38-51-45-71(80-69(51)42-33-29-28-32-41-62-50(11)37-36-44-75(62,12)13)72-46-52(39-31-27-25-15-2)70(81-72)43-35-34-40-61-73-59(22-9)57(20-7)67(78-73)48-65-55(18-5)53(16-3)63(76-65)47-64-54(17-4)56(19-6)66(77-64)49-68-58(21-8)60(23-10)74(61)79-68/h32,41,45-49,76-77H,14-27,30-31,36-39,44H2,1-13H3/b41-32+,63-47?,64-47?,65-48?,66-49?,67-48?,68-49?,73-61?,74-61?. The van der Waals surface area contributed by atoms with Crippen molar-refractivity contribution in [3.63, 3.8) is 0 Å². The molecule has 4 nitrogen and oxygen atoms in total. The van der Waals surface area contributed by atoms with Crippen LogP contribution in [0.1, 0.15) is 258 Å². The third-order valence-corrected chi connectivity index (χ3v) is 19.6. The van der Waals surface area contributed by atoms with Crippen molar-refractivity contribution in [2.75, 3.05) is 0 Å². The summed E-state index contributed by atoms with van der Waals surface area (Å²) in [5, 5.41) is 0. The highest BCUT2D eigenvalue weighted by molar-refractivity contribution is 7.22. The molecule has 0 amide bonds. The minimum atomic E-state index is 0.194. The second-order valence-electron chi connectivity index (χ2n) is 22.9. The van der Waals surface area contributed by atoms with Crippen LogP contribution in [0.25, 0.3) is 54.1 Å². The molecule has 2 aliphatic heterocycles. The molecular weight excluding hydrogens is 1020 g/mol. The number of H-pyrrole nitrogens is 2. The fourth-order valence-corrected chi connectivity index (χ4v) is 15.2. The summed E-state index contributed by atoms with van der Waals surface area (Å²) >= 11 is 3.62. The fourth-order valence-electron chi connectivity index (χ4n) is 13.0. The monoisotopic (exact) mass is 1110 g/mol. The Bertz CT molecular complexity index is 3580. The maximum Gasteiger partial charge on any atom is 0.0851 e. The lowest BCUT2D eigenvalue weighted by Crippen LogP contribution is -2.18. The predicted molar refractivity (Wildman–Crippen MR) is 355 cm³/mol. The number of aromatic amines is 2. The molecule has 422 valence electrons. The quantitative estimate of drug-likeness (QED) is 0.0603. The molecule has 7 heterocycles. The van der Waals surface area contributed by atoms with Gasteiger partial charge in [0.05, 0.1) is 38.1 Å². The van der Waals surface area contributed by atoms with E-state index in [1.165, 1.54) is 145 Å². The van der Waals surface area contributed by atoms with Crippen LogP contribution in [0.2, 0.25) is 0 Å². The number of rotatable bonds is 20. The smallest absolute Gasteiger partial charge is 0.0851 e. The molecule has 81 heavy (non-hydrogen) atoms. The molecule has 8 rings (SSSR count). The summed E-state index contributed by atoms with van der Waals surface area (Å²) in [5.74, 6) is 27.5. The average molecular weight is 1110 g/mol. The van der Waals surface area contributed by atoms with E-state index in [9.17, 15) is 0 Å². The lowest BCUT2D eigenvalue weighted by Gasteiger charge is -2.32. The zero-order chi connectivity index (χ0) is 57.6. The number of hydrogen-bond acceptors (Lipinski definition) is 4. The maximum absolute atomic E-state index is 5.64. The van der Waals surface area contributed by atoms with Crippen molar-refractivity contribution in [3.05, 3.63) is 125 Å². The molecule has 1 aliphatic carbocycles. The molecule has 5 aromatic rings. The highest BCUT2D eigenvalue weighted by Crippen LogP contribution is 2.44. The largest absolute Gasteiger partial charge is 0.355 e. The molecule has 3 aliphatic rings. The van der Waals surface area contributed by atoms with E-state index in [1.54, 1.807) is 0 Å². The molecule has 2 N–H and O–H groups in total. The van der Waals surface area contributed by atoms with Crippen molar-refractivity contribution in [2.45, 2.75) is 225 Å². The summed E-state index contributed by atoms with van der Waals surface area (Å²) in [6, 6.07) is 11.8. The molecule has 0 spiro atoms. The van der Waals surface area contributed by atoms with Gasteiger partial charge in [-0.05, 0) is 248 Å². The Morgan fingerprint density at radius 2 is 0.963 bits per heavy atom. The van der Waals surface area contributed by atoms with Gasteiger partial charge in [0.25, 0.3) is 0 Å². The van der Waals surface area contributed by atoms with Crippen molar-refractivity contribution in [1.29, 1.82) is 0 Å². The fraction of sp³-hybridized carbons (Fsp3) is 0.467.